The topological polar surface area (TPSA) is 121 Å². The fourth-order valence-corrected chi connectivity index (χ4v) is 7.86. The summed E-state index contributed by atoms with van der Waals surface area (Å²) in [5.41, 5.74) is 6.09. The second kappa shape index (κ2) is 16.5. The zero-order valence-electron chi connectivity index (χ0n) is 29.1. The second-order valence-corrected chi connectivity index (χ2v) is 14.8. The van der Waals surface area contributed by atoms with Crippen LogP contribution in [0.3, 0.4) is 0 Å². The summed E-state index contributed by atoms with van der Waals surface area (Å²) in [6.07, 6.45) is 0.620. The Hall–Kier alpha value is -4.75. The van der Waals surface area contributed by atoms with Crippen molar-refractivity contribution in [2.75, 3.05) is 80.9 Å². The van der Waals surface area contributed by atoms with Crippen molar-refractivity contribution in [3.05, 3.63) is 108 Å². The molecule has 0 saturated carbocycles. The van der Waals surface area contributed by atoms with E-state index in [4.69, 9.17) is 9.47 Å². The first-order valence-electron chi connectivity index (χ1n) is 17.4. The van der Waals surface area contributed by atoms with Crippen LogP contribution >= 0.6 is 0 Å². The molecule has 4 aromatic carbocycles. The monoisotopic (exact) mass is 711 g/mol. The molecule has 2 saturated heterocycles. The van der Waals surface area contributed by atoms with Crippen molar-refractivity contribution in [2.24, 2.45) is 0 Å². The molecule has 268 valence electrons. The summed E-state index contributed by atoms with van der Waals surface area (Å²) in [6, 6.07) is 28.0. The molecule has 2 N–H and O–H groups in total. The molecule has 2 heterocycles. The molecule has 12 heteroatoms. The first kappa shape index (κ1) is 36.1. The molecule has 11 nitrogen and oxygen atoms in total. The van der Waals surface area contributed by atoms with E-state index in [1.54, 1.807) is 41.7 Å². The van der Waals surface area contributed by atoms with E-state index in [0.717, 1.165) is 35.5 Å². The van der Waals surface area contributed by atoms with E-state index < -0.39 is 10.0 Å². The van der Waals surface area contributed by atoms with Gasteiger partial charge in [-0.2, -0.15) is 4.31 Å². The Balaban J connectivity index is 1.04. The first-order chi connectivity index (χ1) is 24.7. The molecular formula is C39H45N5O6S. The van der Waals surface area contributed by atoms with Crippen LogP contribution in [0.25, 0.3) is 11.1 Å². The maximum absolute atomic E-state index is 13.2. The van der Waals surface area contributed by atoms with Gasteiger partial charge in [0.05, 0.1) is 26.1 Å². The maximum Gasteiger partial charge on any atom is 0.255 e. The number of hydrogen-bond donors (Lipinski definition) is 2. The molecule has 4 aromatic rings. The number of anilines is 3. The van der Waals surface area contributed by atoms with Gasteiger partial charge in [-0.1, -0.05) is 31.2 Å². The van der Waals surface area contributed by atoms with Crippen LogP contribution < -0.4 is 20.3 Å². The Labute approximate surface area is 300 Å². The van der Waals surface area contributed by atoms with Crippen LogP contribution in [0.5, 0.6) is 5.75 Å². The number of benzene rings is 4. The molecule has 2 aliphatic heterocycles. The lowest BCUT2D eigenvalue weighted by molar-refractivity contribution is 0.101. The van der Waals surface area contributed by atoms with E-state index in [9.17, 15) is 18.0 Å². The van der Waals surface area contributed by atoms with Crippen molar-refractivity contribution in [1.29, 1.82) is 0 Å². The Bertz CT molecular complexity index is 1900. The minimum absolute atomic E-state index is 0.195. The third-order valence-corrected chi connectivity index (χ3v) is 11.3. The number of nitrogens with zero attached hydrogens (tertiary/aromatic N) is 3. The van der Waals surface area contributed by atoms with Crippen molar-refractivity contribution in [2.45, 2.75) is 19.9 Å². The van der Waals surface area contributed by atoms with E-state index in [0.29, 0.717) is 80.6 Å². The summed E-state index contributed by atoms with van der Waals surface area (Å²) in [5, 5.41) is 5.95. The van der Waals surface area contributed by atoms with Gasteiger partial charge < -0.3 is 25.0 Å². The number of ether oxygens (including phenoxy) is 2. The Morgan fingerprint density at radius 1 is 0.745 bits per heavy atom. The van der Waals surface area contributed by atoms with Gasteiger partial charge in [0, 0.05) is 79.6 Å². The van der Waals surface area contributed by atoms with Gasteiger partial charge in [0.2, 0.25) is 10.0 Å². The zero-order valence-corrected chi connectivity index (χ0v) is 30.0. The summed E-state index contributed by atoms with van der Waals surface area (Å²) in [7, 11) is -1.58. The number of hydrogen-bond acceptors (Lipinski definition) is 8. The van der Waals surface area contributed by atoms with Crippen LogP contribution in [0.1, 0.15) is 39.6 Å². The van der Waals surface area contributed by atoms with Crippen molar-refractivity contribution < 1.29 is 27.5 Å². The van der Waals surface area contributed by atoms with E-state index in [-0.39, 0.29) is 17.6 Å². The highest BCUT2D eigenvalue weighted by Gasteiger charge is 2.26. The Morgan fingerprint density at radius 2 is 1.33 bits per heavy atom. The van der Waals surface area contributed by atoms with Crippen LogP contribution in [-0.2, 0) is 21.3 Å². The van der Waals surface area contributed by atoms with E-state index in [2.05, 4.69) is 20.4 Å². The summed E-state index contributed by atoms with van der Waals surface area (Å²) in [4.78, 5) is 30.9. The lowest BCUT2D eigenvalue weighted by atomic mass is 10.00. The third-order valence-electron chi connectivity index (χ3n) is 9.23. The van der Waals surface area contributed by atoms with Gasteiger partial charge in [0.25, 0.3) is 11.8 Å². The van der Waals surface area contributed by atoms with E-state index in [1.165, 1.54) is 0 Å². The van der Waals surface area contributed by atoms with E-state index >= 15 is 0 Å². The molecular weight excluding hydrogens is 667 g/mol. The second-order valence-electron chi connectivity index (χ2n) is 12.7. The maximum atomic E-state index is 13.2. The standard InChI is InChI=1S/C39H45N5O6S/c1-3-26-51(47,48)44-20-18-42(19-21-44)28-29-4-11-33(12-5-29)40-38(45)31-8-6-30(7-9-31)36-27-32(10-17-37(36)49-2)39(46)41-34-13-15-35(16-14-34)43-22-24-50-25-23-43/h4-17,27H,3,18-26,28H2,1-2H3,(H,40,45)(H,41,46). The summed E-state index contributed by atoms with van der Waals surface area (Å²) in [5.74, 6) is 0.334. The number of rotatable bonds is 12. The number of methoxy groups -OCH3 is 1. The normalized spacial score (nSPS) is 15.7. The molecule has 6 rings (SSSR count). The number of carbonyl (C=O) groups excluding carboxylic acids is 2. The first-order valence-corrected chi connectivity index (χ1v) is 19.0. The number of sulfonamides is 1. The average molecular weight is 712 g/mol. The average Bonchev–Trinajstić information content (AvgIpc) is 3.16. The molecule has 0 atom stereocenters. The lowest BCUT2D eigenvalue weighted by Crippen LogP contribution is -2.48. The molecule has 2 fully saturated rings. The minimum Gasteiger partial charge on any atom is -0.496 e. The van der Waals surface area contributed by atoms with Gasteiger partial charge in [-0.15, -0.1) is 0 Å². The molecule has 0 bridgehead atoms. The van der Waals surface area contributed by atoms with Crippen molar-refractivity contribution in [1.82, 2.24) is 9.21 Å². The minimum atomic E-state index is -3.17. The number of nitrogens with one attached hydrogen (secondary N) is 2. The van der Waals surface area contributed by atoms with Crippen LogP contribution in [0.4, 0.5) is 17.1 Å². The van der Waals surface area contributed by atoms with Crippen molar-refractivity contribution in [3.8, 4) is 16.9 Å². The van der Waals surface area contributed by atoms with Gasteiger partial charge >= 0.3 is 0 Å². The number of piperazine rings is 1. The predicted molar refractivity (Wildman–Crippen MR) is 201 cm³/mol. The third kappa shape index (κ3) is 9.14. The molecule has 2 amide bonds. The molecule has 0 spiro atoms. The molecule has 2 aliphatic rings. The number of morpholine rings is 1. The van der Waals surface area contributed by atoms with E-state index in [1.807, 2.05) is 67.6 Å². The summed E-state index contributed by atoms with van der Waals surface area (Å²) in [6.45, 7) is 8.09. The van der Waals surface area contributed by atoms with Crippen LogP contribution in [-0.4, -0.2) is 94.8 Å². The highest BCUT2D eigenvalue weighted by atomic mass is 32.2. The van der Waals surface area contributed by atoms with Crippen molar-refractivity contribution >= 4 is 38.9 Å². The zero-order chi connectivity index (χ0) is 35.8. The fourth-order valence-electron chi connectivity index (χ4n) is 6.36. The molecule has 51 heavy (non-hydrogen) atoms. The van der Waals surface area contributed by atoms with Crippen LogP contribution in [0.15, 0.2) is 91.0 Å². The molecule has 0 radical (unpaired) electrons. The largest absolute Gasteiger partial charge is 0.496 e. The predicted octanol–water partition coefficient (Wildman–Crippen LogP) is 5.56. The fraction of sp³-hybridized carbons (Fsp3) is 0.333. The number of carbonyl (C=O) groups is 2. The molecule has 0 unspecified atom stereocenters. The lowest BCUT2D eigenvalue weighted by Gasteiger charge is -2.34. The summed E-state index contributed by atoms with van der Waals surface area (Å²) >= 11 is 0. The highest BCUT2D eigenvalue weighted by Crippen LogP contribution is 2.32. The quantitative estimate of drug-likeness (QED) is 0.196. The van der Waals surface area contributed by atoms with Gasteiger partial charge in [0.1, 0.15) is 5.75 Å². The summed E-state index contributed by atoms with van der Waals surface area (Å²) < 4.78 is 37.4. The van der Waals surface area contributed by atoms with Crippen molar-refractivity contribution in [3.63, 3.8) is 0 Å². The molecule has 0 aliphatic carbocycles. The SMILES string of the molecule is CCCS(=O)(=O)N1CCN(Cc2ccc(NC(=O)c3ccc(-c4cc(C(=O)Nc5ccc(N6CCOCC6)cc5)ccc4OC)cc3)cc2)CC1. The Kier molecular flexibility index (Phi) is 11.7. The van der Waals surface area contributed by atoms with Gasteiger partial charge in [-0.05, 0) is 84.3 Å². The van der Waals surface area contributed by atoms with Crippen LogP contribution in [0, 0.1) is 0 Å². The van der Waals surface area contributed by atoms with Gasteiger partial charge in [-0.3, -0.25) is 14.5 Å². The van der Waals surface area contributed by atoms with Gasteiger partial charge in [-0.25, -0.2) is 8.42 Å². The smallest absolute Gasteiger partial charge is 0.255 e. The van der Waals surface area contributed by atoms with Crippen LogP contribution in [0.2, 0.25) is 0 Å². The molecule has 0 aromatic heterocycles. The number of amides is 2. The van der Waals surface area contributed by atoms with Gasteiger partial charge in [0.15, 0.2) is 0 Å². The Morgan fingerprint density at radius 3 is 1.94 bits per heavy atom. The highest BCUT2D eigenvalue weighted by molar-refractivity contribution is 7.89.